The van der Waals surface area contributed by atoms with Gasteiger partial charge in [0, 0.05) is 19.1 Å². The predicted octanol–water partition coefficient (Wildman–Crippen LogP) is 2.00. The maximum Gasteiger partial charge on any atom is 0.227 e. The number of carbonyl (C=O) groups is 1. The highest BCUT2D eigenvalue weighted by molar-refractivity contribution is 5.85. The van der Waals surface area contributed by atoms with Gasteiger partial charge in [-0.2, -0.15) is 0 Å². The zero-order chi connectivity index (χ0) is 13.7. The molecule has 1 fully saturated rings. The molecule has 0 aliphatic carbocycles. The Kier molecular flexibility index (Phi) is 6.82. The summed E-state index contributed by atoms with van der Waals surface area (Å²) >= 11 is 0. The number of ether oxygens (including phenoxy) is 1. The molecule has 0 saturated carbocycles. The topological polar surface area (TPSA) is 55.6 Å². The van der Waals surface area contributed by atoms with Crippen molar-refractivity contribution < 1.29 is 9.53 Å². The number of nitrogens with zero attached hydrogens (tertiary/aromatic N) is 1. The van der Waals surface area contributed by atoms with E-state index < -0.39 is 0 Å². The monoisotopic (exact) mass is 298 g/mol. The number of benzene rings is 1. The average molecular weight is 299 g/mol. The van der Waals surface area contributed by atoms with Gasteiger partial charge in [-0.05, 0) is 37.0 Å². The number of amides is 1. The van der Waals surface area contributed by atoms with Gasteiger partial charge < -0.3 is 15.4 Å². The van der Waals surface area contributed by atoms with E-state index in [2.05, 4.69) is 0 Å². The highest BCUT2D eigenvalue weighted by Gasteiger charge is 2.25. The summed E-state index contributed by atoms with van der Waals surface area (Å²) in [4.78, 5) is 14.3. The molecule has 1 atom stereocenters. The molecule has 20 heavy (non-hydrogen) atoms. The lowest BCUT2D eigenvalue weighted by Gasteiger charge is -2.35. The molecule has 112 valence electrons. The van der Waals surface area contributed by atoms with Gasteiger partial charge in [0.2, 0.25) is 5.91 Å². The minimum absolute atomic E-state index is 0. The van der Waals surface area contributed by atoms with E-state index in [4.69, 9.17) is 10.5 Å². The minimum Gasteiger partial charge on any atom is -0.497 e. The van der Waals surface area contributed by atoms with Gasteiger partial charge in [-0.1, -0.05) is 12.1 Å². The first-order chi connectivity index (χ1) is 9.24. The minimum atomic E-state index is 0. The van der Waals surface area contributed by atoms with Crippen LogP contribution >= 0.6 is 12.4 Å². The van der Waals surface area contributed by atoms with Crippen LogP contribution in [0.2, 0.25) is 0 Å². The van der Waals surface area contributed by atoms with Crippen molar-refractivity contribution in [1.29, 1.82) is 0 Å². The second kappa shape index (κ2) is 8.12. The predicted molar refractivity (Wildman–Crippen MR) is 82.4 cm³/mol. The van der Waals surface area contributed by atoms with Gasteiger partial charge in [0.1, 0.15) is 5.75 Å². The number of rotatable bonds is 4. The Balaban J connectivity index is 0.00000200. The molecular formula is C15H23ClN2O2. The number of hydrogen-bond donors (Lipinski definition) is 1. The first kappa shape index (κ1) is 16.8. The van der Waals surface area contributed by atoms with Crippen LogP contribution in [-0.4, -0.2) is 37.0 Å². The van der Waals surface area contributed by atoms with Gasteiger partial charge in [0.05, 0.1) is 13.5 Å². The van der Waals surface area contributed by atoms with Crippen LogP contribution in [0, 0.1) is 0 Å². The molecule has 1 unspecified atom stereocenters. The maximum atomic E-state index is 12.4. The highest BCUT2D eigenvalue weighted by Crippen LogP contribution is 2.19. The van der Waals surface area contributed by atoms with Gasteiger partial charge in [0.25, 0.3) is 0 Å². The summed E-state index contributed by atoms with van der Waals surface area (Å²) < 4.78 is 5.18. The summed E-state index contributed by atoms with van der Waals surface area (Å²) in [5.41, 5.74) is 6.75. The van der Waals surface area contributed by atoms with Crippen molar-refractivity contribution in [3.05, 3.63) is 29.8 Å². The number of methoxy groups -OCH3 is 1. The summed E-state index contributed by atoms with van der Waals surface area (Å²) in [6.45, 7) is 1.40. The molecule has 2 N–H and O–H groups in total. The molecule has 1 amide bonds. The Labute approximate surface area is 126 Å². The van der Waals surface area contributed by atoms with Gasteiger partial charge in [-0.3, -0.25) is 4.79 Å². The van der Waals surface area contributed by atoms with Crippen LogP contribution < -0.4 is 10.5 Å². The Bertz CT molecular complexity index is 440. The molecule has 4 nitrogen and oxygen atoms in total. The maximum absolute atomic E-state index is 12.4. The number of piperidine rings is 1. The number of nitrogens with two attached hydrogens (primary N) is 1. The third-order valence-electron chi connectivity index (χ3n) is 3.71. The smallest absolute Gasteiger partial charge is 0.227 e. The molecule has 1 aromatic rings. The first-order valence-electron chi connectivity index (χ1n) is 6.87. The van der Waals surface area contributed by atoms with Crippen LogP contribution in [0.1, 0.15) is 24.8 Å². The van der Waals surface area contributed by atoms with E-state index in [1.807, 2.05) is 29.2 Å². The van der Waals surface area contributed by atoms with Crippen molar-refractivity contribution in [3.8, 4) is 5.75 Å². The molecular weight excluding hydrogens is 276 g/mol. The number of halogens is 1. The number of likely N-dealkylation sites (tertiary alicyclic amines) is 1. The molecule has 1 saturated heterocycles. The van der Waals surface area contributed by atoms with E-state index >= 15 is 0 Å². The molecule has 1 aliphatic heterocycles. The Morgan fingerprint density at radius 3 is 2.95 bits per heavy atom. The van der Waals surface area contributed by atoms with Crippen LogP contribution in [-0.2, 0) is 11.2 Å². The van der Waals surface area contributed by atoms with E-state index in [1.54, 1.807) is 7.11 Å². The summed E-state index contributed by atoms with van der Waals surface area (Å²) in [6.07, 6.45) is 3.71. The first-order valence-corrected chi connectivity index (χ1v) is 6.87. The molecule has 0 radical (unpaired) electrons. The van der Waals surface area contributed by atoms with Gasteiger partial charge in [-0.15, -0.1) is 12.4 Å². The van der Waals surface area contributed by atoms with Gasteiger partial charge >= 0.3 is 0 Å². The second-order valence-corrected chi connectivity index (χ2v) is 5.00. The van der Waals surface area contributed by atoms with Crippen LogP contribution in [0.3, 0.4) is 0 Å². The second-order valence-electron chi connectivity index (χ2n) is 5.00. The normalized spacial score (nSPS) is 18.3. The van der Waals surface area contributed by atoms with Crippen molar-refractivity contribution >= 4 is 18.3 Å². The van der Waals surface area contributed by atoms with Crippen molar-refractivity contribution in [3.63, 3.8) is 0 Å². The molecule has 2 rings (SSSR count). The third-order valence-corrected chi connectivity index (χ3v) is 3.71. The number of carbonyl (C=O) groups excluding carboxylic acids is 1. The van der Waals surface area contributed by atoms with Gasteiger partial charge in [-0.25, -0.2) is 0 Å². The fraction of sp³-hybridized carbons (Fsp3) is 0.533. The fourth-order valence-corrected chi connectivity index (χ4v) is 2.63. The molecule has 0 bridgehead atoms. The Morgan fingerprint density at radius 2 is 2.25 bits per heavy atom. The lowest BCUT2D eigenvalue weighted by Crippen LogP contribution is -2.48. The molecule has 1 aliphatic rings. The summed E-state index contributed by atoms with van der Waals surface area (Å²) in [5, 5.41) is 0. The zero-order valence-corrected chi connectivity index (χ0v) is 12.7. The van der Waals surface area contributed by atoms with Gasteiger partial charge in [0.15, 0.2) is 0 Å². The SMILES string of the molecule is COc1cccc(CC(=O)N2CCCCC2CN)c1.Cl. The van der Waals surface area contributed by atoms with E-state index in [0.29, 0.717) is 13.0 Å². The van der Waals surface area contributed by atoms with Crippen LogP contribution in [0.5, 0.6) is 5.75 Å². The van der Waals surface area contributed by atoms with Crippen molar-refractivity contribution in [1.82, 2.24) is 4.90 Å². The number of hydrogen-bond acceptors (Lipinski definition) is 3. The highest BCUT2D eigenvalue weighted by atomic mass is 35.5. The lowest BCUT2D eigenvalue weighted by molar-refractivity contribution is -0.133. The van der Waals surface area contributed by atoms with Crippen LogP contribution in [0.25, 0.3) is 0 Å². The summed E-state index contributed by atoms with van der Waals surface area (Å²) in [6, 6.07) is 7.89. The largest absolute Gasteiger partial charge is 0.497 e. The molecule has 0 aromatic heterocycles. The van der Waals surface area contributed by atoms with Crippen LogP contribution in [0.4, 0.5) is 0 Å². The standard InChI is InChI=1S/C15H22N2O2.ClH/c1-19-14-7-4-5-12(9-14)10-15(18)17-8-3-2-6-13(17)11-16;/h4-5,7,9,13H,2-3,6,8,10-11,16H2,1H3;1H. The van der Waals surface area contributed by atoms with E-state index in [0.717, 1.165) is 30.7 Å². The molecule has 1 heterocycles. The third kappa shape index (κ3) is 4.12. The molecule has 5 heteroatoms. The molecule has 0 spiro atoms. The van der Waals surface area contributed by atoms with E-state index in [-0.39, 0.29) is 24.4 Å². The Morgan fingerprint density at radius 1 is 1.45 bits per heavy atom. The summed E-state index contributed by atoms with van der Waals surface area (Å²) in [5.74, 6) is 0.961. The average Bonchev–Trinajstić information content (AvgIpc) is 2.47. The van der Waals surface area contributed by atoms with Crippen molar-refractivity contribution in [2.45, 2.75) is 31.7 Å². The van der Waals surface area contributed by atoms with E-state index in [1.165, 1.54) is 6.42 Å². The molecule has 1 aromatic carbocycles. The zero-order valence-electron chi connectivity index (χ0n) is 11.9. The lowest BCUT2D eigenvalue weighted by atomic mass is 10.0. The van der Waals surface area contributed by atoms with E-state index in [9.17, 15) is 4.79 Å². The fourth-order valence-electron chi connectivity index (χ4n) is 2.63. The van der Waals surface area contributed by atoms with Crippen molar-refractivity contribution in [2.24, 2.45) is 5.73 Å². The van der Waals surface area contributed by atoms with Crippen LogP contribution in [0.15, 0.2) is 24.3 Å². The summed E-state index contributed by atoms with van der Waals surface area (Å²) in [7, 11) is 1.63. The quantitative estimate of drug-likeness (QED) is 0.925. The Hall–Kier alpha value is -1.26. The van der Waals surface area contributed by atoms with Crippen molar-refractivity contribution in [2.75, 3.05) is 20.2 Å².